The van der Waals surface area contributed by atoms with E-state index in [4.69, 9.17) is 4.74 Å². The molecule has 0 atom stereocenters. The molecule has 0 fully saturated rings. The standard InChI is InChI=1S/C15H15FO/c16-12-4-5-13-8-10-15(11-9-13)17-14-6-2-1-3-7-14/h1-3,6-11H,4-5,12H2. The zero-order chi connectivity index (χ0) is 11.9. The van der Waals surface area contributed by atoms with Gasteiger partial charge in [-0.15, -0.1) is 0 Å². The summed E-state index contributed by atoms with van der Waals surface area (Å²) in [4.78, 5) is 0. The van der Waals surface area contributed by atoms with Gasteiger partial charge in [0.05, 0.1) is 6.67 Å². The van der Waals surface area contributed by atoms with Crippen molar-refractivity contribution in [3.8, 4) is 11.5 Å². The van der Waals surface area contributed by atoms with Crippen molar-refractivity contribution < 1.29 is 9.13 Å². The molecule has 0 bridgehead atoms. The van der Waals surface area contributed by atoms with Crippen LogP contribution in [0.3, 0.4) is 0 Å². The normalized spacial score (nSPS) is 10.2. The van der Waals surface area contributed by atoms with Crippen molar-refractivity contribution in [2.24, 2.45) is 0 Å². The first kappa shape index (κ1) is 11.6. The molecule has 2 aromatic rings. The Morgan fingerprint density at radius 1 is 0.824 bits per heavy atom. The third-order valence-corrected chi connectivity index (χ3v) is 2.50. The fourth-order valence-electron chi connectivity index (χ4n) is 1.62. The van der Waals surface area contributed by atoms with Crippen LogP contribution in [-0.2, 0) is 6.42 Å². The molecule has 0 aliphatic carbocycles. The second-order valence-electron chi connectivity index (χ2n) is 3.85. The van der Waals surface area contributed by atoms with Crippen LogP contribution in [0.1, 0.15) is 12.0 Å². The number of hydrogen-bond donors (Lipinski definition) is 0. The van der Waals surface area contributed by atoms with Crippen LogP contribution in [0, 0.1) is 0 Å². The molecule has 0 amide bonds. The van der Waals surface area contributed by atoms with Gasteiger partial charge in [0.25, 0.3) is 0 Å². The Labute approximate surface area is 101 Å². The van der Waals surface area contributed by atoms with Crippen LogP contribution in [0.25, 0.3) is 0 Å². The van der Waals surface area contributed by atoms with E-state index in [-0.39, 0.29) is 6.67 Å². The molecule has 0 N–H and O–H groups in total. The minimum Gasteiger partial charge on any atom is -0.457 e. The predicted molar refractivity (Wildman–Crippen MR) is 67.3 cm³/mol. The van der Waals surface area contributed by atoms with E-state index in [0.717, 1.165) is 23.5 Å². The van der Waals surface area contributed by atoms with Gasteiger partial charge in [-0.3, -0.25) is 4.39 Å². The lowest BCUT2D eigenvalue weighted by atomic mass is 10.1. The Hall–Kier alpha value is -1.83. The fraction of sp³-hybridized carbons (Fsp3) is 0.200. The number of halogens is 1. The van der Waals surface area contributed by atoms with Crippen molar-refractivity contribution in [1.29, 1.82) is 0 Å². The number of ether oxygens (including phenoxy) is 1. The van der Waals surface area contributed by atoms with Gasteiger partial charge >= 0.3 is 0 Å². The van der Waals surface area contributed by atoms with Crippen LogP contribution in [-0.4, -0.2) is 6.67 Å². The van der Waals surface area contributed by atoms with E-state index in [1.165, 1.54) is 0 Å². The van der Waals surface area contributed by atoms with Gasteiger partial charge in [0.15, 0.2) is 0 Å². The smallest absolute Gasteiger partial charge is 0.127 e. The third-order valence-electron chi connectivity index (χ3n) is 2.50. The lowest BCUT2D eigenvalue weighted by Gasteiger charge is -2.06. The zero-order valence-corrected chi connectivity index (χ0v) is 9.60. The summed E-state index contributed by atoms with van der Waals surface area (Å²) in [6.07, 6.45) is 1.36. The van der Waals surface area contributed by atoms with Crippen molar-refractivity contribution >= 4 is 0 Å². The Morgan fingerprint density at radius 2 is 1.47 bits per heavy atom. The Balaban J connectivity index is 1.98. The minimum absolute atomic E-state index is 0.262. The van der Waals surface area contributed by atoms with E-state index in [0.29, 0.717) is 6.42 Å². The average Bonchev–Trinajstić information content (AvgIpc) is 2.39. The number of alkyl halides is 1. The topological polar surface area (TPSA) is 9.23 Å². The van der Waals surface area contributed by atoms with Gasteiger partial charge in [0.2, 0.25) is 0 Å². The molecule has 2 aromatic carbocycles. The van der Waals surface area contributed by atoms with Crippen LogP contribution in [0.15, 0.2) is 54.6 Å². The van der Waals surface area contributed by atoms with E-state index >= 15 is 0 Å². The van der Waals surface area contributed by atoms with Crippen LogP contribution in [0.4, 0.5) is 4.39 Å². The average molecular weight is 230 g/mol. The summed E-state index contributed by atoms with van der Waals surface area (Å²) in [6, 6.07) is 17.4. The summed E-state index contributed by atoms with van der Waals surface area (Å²) in [5.41, 5.74) is 1.14. The van der Waals surface area contributed by atoms with Crippen LogP contribution in [0.5, 0.6) is 11.5 Å². The van der Waals surface area contributed by atoms with Crippen LogP contribution < -0.4 is 4.74 Å². The van der Waals surface area contributed by atoms with Gasteiger partial charge < -0.3 is 4.74 Å². The van der Waals surface area contributed by atoms with Crippen molar-refractivity contribution in [3.63, 3.8) is 0 Å². The molecule has 0 aliphatic heterocycles. The highest BCUT2D eigenvalue weighted by Gasteiger charge is 1.97. The van der Waals surface area contributed by atoms with E-state index in [1.807, 2.05) is 54.6 Å². The molecule has 0 spiro atoms. The van der Waals surface area contributed by atoms with E-state index in [2.05, 4.69) is 0 Å². The molecule has 0 aliphatic rings. The van der Waals surface area contributed by atoms with Crippen molar-refractivity contribution in [2.75, 3.05) is 6.67 Å². The SMILES string of the molecule is FCCCc1ccc(Oc2ccccc2)cc1. The van der Waals surface area contributed by atoms with Gasteiger partial charge in [-0.1, -0.05) is 30.3 Å². The maximum atomic E-state index is 12.0. The van der Waals surface area contributed by atoms with Gasteiger partial charge in [-0.25, -0.2) is 0 Å². The molecule has 0 aromatic heterocycles. The van der Waals surface area contributed by atoms with Gasteiger partial charge in [0, 0.05) is 0 Å². The second kappa shape index (κ2) is 6.04. The van der Waals surface area contributed by atoms with E-state index < -0.39 is 0 Å². The molecule has 1 nitrogen and oxygen atoms in total. The van der Waals surface area contributed by atoms with Crippen LogP contribution in [0.2, 0.25) is 0 Å². The zero-order valence-electron chi connectivity index (χ0n) is 9.60. The molecule has 2 heteroatoms. The summed E-state index contributed by atoms with van der Waals surface area (Å²) in [7, 11) is 0. The van der Waals surface area contributed by atoms with Crippen molar-refractivity contribution in [3.05, 3.63) is 60.2 Å². The first-order valence-corrected chi connectivity index (χ1v) is 5.76. The summed E-state index contributed by atoms with van der Waals surface area (Å²) in [6.45, 7) is -0.262. The summed E-state index contributed by atoms with van der Waals surface area (Å²) < 4.78 is 17.7. The molecular formula is C15H15FO. The summed E-state index contributed by atoms with van der Waals surface area (Å²) in [5, 5.41) is 0. The fourth-order valence-corrected chi connectivity index (χ4v) is 1.62. The lowest BCUT2D eigenvalue weighted by Crippen LogP contribution is -1.88. The molecule has 0 saturated heterocycles. The van der Waals surface area contributed by atoms with E-state index in [1.54, 1.807) is 0 Å². The number of benzene rings is 2. The summed E-state index contributed by atoms with van der Waals surface area (Å²) in [5.74, 6) is 1.63. The Morgan fingerprint density at radius 3 is 2.12 bits per heavy atom. The first-order chi connectivity index (χ1) is 8.38. The highest BCUT2D eigenvalue weighted by molar-refractivity contribution is 5.32. The molecule has 0 heterocycles. The second-order valence-corrected chi connectivity index (χ2v) is 3.85. The number of aryl methyl sites for hydroxylation is 1. The van der Waals surface area contributed by atoms with Gasteiger partial charge in [-0.2, -0.15) is 0 Å². The largest absolute Gasteiger partial charge is 0.457 e. The Bertz CT molecular complexity index is 436. The van der Waals surface area contributed by atoms with E-state index in [9.17, 15) is 4.39 Å². The minimum atomic E-state index is -0.262. The lowest BCUT2D eigenvalue weighted by molar-refractivity contribution is 0.472. The molecule has 0 saturated carbocycles. The summed E-state index contributed by atoms with van der Waals surface area (Å²) >= 11 is 0. The van der Waals surface area contributed by atoms with Crippen molar-refractivity contribution in [2.45, 2.75) is 12.8 Å². The quantitative estimate of drug-likeness (QED) is 0.740. The first-order valence-electron chi connectivity index (χ1n) is 5.76. The highest BCUT2D eigenvalue weighted by Crippen LogP contribution is 2.21. The number of hydrogen-bond acceptors (Lipinski definition) is 1. The molecule has 0 unspecified atom stereocenters. The maximum absolute atomic E-state index is 12.0. The Kier molecular flexibility index (Phi) is 4.14. The predicted octanol–water partition coefficient (Wildman–Crippen LogP) is 4.38. The van der Waals surface area contributed by atoms with Crippen LogP contribution >= 0.6 is 0 Å². The van der Waals surface area contributed by atoms with Gasteiger partial charge in [-0.05, 0) is 42.7 Å². The maximum Gasteiger partial charge on any atom is 0.127 e. The molecular weight excluding hydrogens is 215 g/mol. The molecule has 0 radical (unpaired) electrons. The molecule has 2 rings (SSSR count). The molecule has 17 heavy (non-hydrogen) atoms. The number of rotatable bonds is 5. The van der Waals surface area contributed by atoms with Gasteiger partial charge in [0.1, 0.15) is 11.5 Å². The monoisotopic (exact) mass is 230 g/mol. The van der Waals surface area contributed by atoms with Crippen molar-refractivity contribution in [1.82, 2.24) is 0 Å². The number of para-hydroxylation sites is 1. The highest BCUT2D eigenvalue weighted by atomic mass is 19.1. The molecule has 88 valence electrons. The third kappa shape index (κ3) is 3.59.